The topological polar surface area (TPSA) is 154 Å². The van der Waals surface area contributed by atoms with Crippen LogP contribution >= 0.6 is 0 Å². The van der Waals surface area contributed by atoms with E-state index in [-0.39, 0.29) is 58.1 Å². The average Bonchev–Trinajstić information content (AvgIpc) is 2.82. The number of anilines is 2. The number of fused-ring (bicyclic) bond motifs is 2. The summed E-state index contributed by atoms with van der Waals surface area (Å²) in [4.78, 5) is 46.5. The molecular weight excluding hydrogens is 478 g/mol. The maximum absolute atomic E-state index is 12.8. The molecule has 0 saturated carbocycles. The Morgan fingerprint density at radius 3 is 2.08 bits per heavy atom. The normalized spacial score (nSPS) is 11.6. The second-order valence-corrected chi connectivity index (χ2v) is 9.62. The molecule has 0 spiro atoms. The largest absolute Gasteiger partial charge is 0.452 e. The van der Waals surface area contributed by atoms with Crippen LogP contribution in [0.4, 0.5) is 11.4 Å². The molecule has 4 N–H and O–H groups in total. The number of benzene rings is 2. The van der Waals surface area contributed by atoms with Gasteiger partial charge in [-0.3, -0.25) is 14.4 Å². The van der Waals surface area contributed by atoms with Crippen molar-refractivity contribution in [3.05, 3.63) is 27.4 Å². The van der Waals surface area contributed by atoms with E-state index in [4.69, 9.17) is 25.4 Å². The second kappa shape index (κ2) is 11.6. The SMILES string of the molecule is Cc1c2oc3c(C)c(N)cc(OC(=O)CCCN(C)C)c3nc-2c(OC(=O)CCCN(C)C)c(N)c1=O. The van der Waals surface area contributed by atoms with E-state index in [2.05, 4.69) is 4.98 Å². The second-order valence-electron chi connectivity index (χ2n) is 9.62. The summed E-state index contributed by atoms with van der Waals surface area (Å²) in [5, 5.41) is 0. The Bertz CT molecular complexity index is 1350. The lowest BCUT2D eigenvalue weighted by Crippen LogP contribution is -2.20. The number of carbonyl (C=O) groups excluding carboxylic acids is 2. The first-order valence-electron chi connectivity index (χ1n) is 12.1. The van der Waals surface area contributed by atoms with Crippen molar-refractivity contribution in [2.45, 2.75) is 39.5 Å². The van der Waals surface area contributed by atoms with Gasteiger partial charge in [0.05, 0.1) is 0 Å². The van der Waals surface area contributed by atoms with Gasteiger partial charge in [-0.2, -0.15) is 0 Å². The fourth-order valence-electron chi connectivity index (χ4n) is 3.82. The molecule has 0 amide bonds. The Labute approximate surface area is 215 Å². The number of aromatic nitrogens is 1. The third-order valence-corrected chi connectivity index (χ3v) is 5.95. The number of rotatable bonds is 10. The van der Waals surface area contributed by atoms with E-state index >= 15 is 0 Å². The van der Waals surface area contributed by atoms with Crippen molar-refractivity contribution in [1.29, 1.82) is 0 Å². The van der Waals surface area contributed by atoms with Crippen LogP contribution in [0, 0.1) is 13.8 Å². The highest BCUT2D eigenvalue weighted by Gasteiger charge is 2.28. The zero-order valence-corrected chi connectivity index (χ0v) is 22.3. The lowest BCUT2D eigenvalue weighted by molar-refractivity contribution is -0.135. The van der Waals surface area contributed by atoms with Crippen LogP contribution in [0.15, 0.2) is 15.3 Å². The molecule has 0 saturated heterocycles. The van der Waals surface area contributed by atoms with Crippen molar-refractivity contribution >= 4 is 34.4 Å². The van der Waals surface area contributed by atoms with E-state index in [0.29, 0.717) is 30.6 Å². The van der Waals surface area contributed by atoms with Crippen LogP contribution < -0.4 is 26.4 Å². The molecule has 0 radical (unpaired) electrons. The third kappa shape index (κ3) is 6.36. The van der Waals surface area contributed by atoms with Crippen LogP contribution in [0.1, 0.15) is 36.8 Å². The van der Waals surface area contributed by atoms with Crippen LogP contribution in [-0.2, 0) is 9.59 Å². The Hall–Kier alpha value is -3.70. The summed E-state index contributed by atoms with van der Waals surface area (Å²) < 4.78 is 17.2. The maximum atomic E-state index is 12.8. The molecule has 11 nitrogen and oxygen atoms in total. The van der Waals surface area contributed by atoms with E-state index in [1.807, 2.05) is 38.0 Å². The molecule has 1 aliphatic heterocycles. The molecule has 1 aromatic carbocycles. The van der Waals surface area contributed by atoms with Gasteiger partial charge >= 0.3 is 11.9 Å². The molecular formula is C26H35N5O6. The number of nitrogens with zero attached hydrogens (tertiary/aromatic N) is 3. The first-order chi connectivity index (χ1) is 17.4. The minimum absolute atomic E-state index is 0.0807. The molecule has 0 atom stereocenters. The van der Waals surface area contributed by atoms with E-state index < -0.39 is 17.4 Å². The number of carbonyl (C=O) groups is 2. The lowest BCUT2D eigenvalue weighted by atomic mass is 10.1. The molecule has 1 heterocycles. The summed E-state index contributed by atoms with van der Waals surface area (Å²) in [5.74, 6) is -0.972. The number of hydrogen-bond acceptors (Lipinski definition) is 11. The zero-order chi connectivity index (χ0) is 27.4. The van der Waals surface area contributed by atoms with E-state index in [1.165, 1.54) is 6.07 Å². The summed E-state index contributed by atoms with van der Waals surface area (Å²) in [5.41, 5.74) is 13.1. The Balaban J connectivity index is 2.10. The van der Waals surface area contributed by atoms with Crippen LogP contribution in [0.2, 0.25) is 0 Å². The minimum Gasteiger partial charge on any atom is -0.452 e. The van der Waals surface area contributed by atoms with Crippen molar-refractivity contribution < 1.29 is 23.5 Å². The summed E-state index contributed by atoms with van der Waals surface area (Å²) >= 11 is 0. The van der Waals surface area contributed by atoms with Gasteiger partial charge in [0.2, 0.25) is 5.43 Å². The zero-order valence-electron chi connectivity index (χ0n) is 22.3. The number of esters is 2. The first kappa shape index (κ1) is 27.9. The molecule has 0 fully saturated rings. The average molecular weight is 514 g/mol. The van der Waals surface area contributed by atoms with E-state index in [0.717, 1.165) is 6.54 Å². The van der Waals surface area contributed by atoms with Crippen LogP contribution in [0.3, 0.4) is 0 Å². The molecule has 3 rings (SSSR count). The number of nitrogen functional groups attached to an aromatic ring is 2. The van der Waals surface area contributed by atoms with Crippen LogP contribution in [-0.4, -0.2) is 68.0 Å². The Morgan fingerprint density at radius 2 is 1.51 bits per heavy atom. The van der Waals surface area contributed by atoms with Crippen molar-refractivity contribution in [3.8, 4) is 23.0 Å². The predicted molar refractivity (Wildman–Crippen MR) is 142 cm³/mol. The van der Waals surface area contributed by atoms with Gasteiger partial charge in [-0.1, -0.05) is 0 Å². The van der Waals surface area contributed by atoms with Gasteiger partial charge in [0.25, 0.3) is 0 Å². The summed E-state index contributed by atoms with van der Waals surface area (Å²) in [7, 11) is 7.64. The van der Waals surface area contributed by atoms with Gasteiger partial charge in [-0.05, 0) is 68.0 Å². The van der Waals surface area contributed by atoms with Gasteiger partial charge in [0, 0.05) is 35.7 Å². The molecule has 2 aliphatic rings. The number of hydrogen-bond donors (Lipinski definition) is 2. The molecule has 37 heavy (non-hydrogen) atoms. The summed E-state index contributed by atoms with van der Waals surface area (Å²) in [6, 6.07) is 1.50. The molecule has 0 bridgehead atoms. The number of nitrogens with two attached hydrogens (primary N) is 2. The highest BCUT2D eigenvalue weighted by atomic mass is 16.5. The molecule has 0 aromatic heterocycles. The number of aryl methyl sites for hydroxylation is 1. The third-order valence-electron chi connectivity index (χ3n) is 5.95. The van der Waals surface area contributed by atoms with Gasteiger partial charge < -0.3 is 35.2 Å². The van der Waals surface area contributed by atoms with Crippen molar-refractivity contribution in [2.75, 3.05) is 52.7 Å². The van der Waals surface area contributed by atoms with Gasteiger partial charge in [-0.15, -0.1) is 0 Å². The van der Waals surface area contributed by atoms with E-state index in [1.54, 1.807) is 13.8 Å². The number of ether oxygens (including phenoxy) is 2. The summed E-state index contributed by atoms with van der Waals surface area (Å²) in [6.45, 7) is 4.69. The van der Waals surface area contributed by atoms with Crippen LogP contribution in [0.25, 0.3) is 22.6 Å². The maximum Gasteiger partial charge on any atom is 0.311 e. The fourth-order valence-corrected chi connectivity index (χ4v) is 3.82. The molecule has 1 aromatic rings. The summed E-state index contributed by atoms with van der Waals surface area (Å²) in [6.07, 6.45) is 1.49. The minimum atomic E-state index is -0.555. The Morgan fingerprint density at radius 1 is 0.946 bits per heavy atom. The van der Waals surface area contributed by atoms with Crippen molar-refractivity contribution in [3.63, 3.8) is 0 Å². The monoisotopic (exact) mass is 513 g/mol. The van der Waals surface area contributed by atoms with Gasteiger partial charge in [0.15, 0.2) is 28.5 Å². The molecule has 11 heteroatoms. The molecule has 200 valence electrons. The predicted octanol–water partition coefficient (Wildman–Crippen LogP) is 2.57. The quantitative estimate of drug-likeness (QED) is 0.178. The highest BCUT2D eigenvalue weighted by molar-refractivity contribution is 5.93. The van der Waals surface area contributed by atoms with Gasteiger partial charge in [0.1, 0.15) is 11.2 Å². The molecule has 0 unspecified atom stereocenters. The van der Waals surface area contributed by atoms with Crippen molar-refractivity contribution in [1.82, 2.24) is 14.8 Å². The lowest BCUT2D eigenvalue weighted by Gasteiger charge is -2.18. The Kier molecular flexibility index (Phi) is 8.72. The fraction of sp³-hybridized carbons (Fsp3) is 0.462. The smallest absolute Gasteiger partial charge is 0.311 e. The van der Waals surface area contributed by atoms with Crippen LogP contribution in [0.5, 0.6) is 11.5 Å². The van der Waals surface area contributed by atoms with E-state index in [9.17, 15) is 14.4 Å². The van der Waals surface area contributed by atoms with Crippen molar-refractivity contribution in [2.24, 2.45) is 0 Å². The standard InChI is InChI=1S/C26H35N5O6/c1-14-16(27)13-17(35-18(32)9-7-11-30(3)4)21-24(14)37-25-15(2)23(34)20(28)26(22(25)29-21)36-19(33)10-8-12-31(5)6/h13H,7-12,27-28H2,1-6H3. The molecule has 1 aliphatic carbocycles. The highest BCUT2D eigenvalue weighted by Crippen LogP contribution is 2.41. The van der Waals surface area contributed by atoms with Gasteiger partial charge in [-0.25, -0.2) is 4.98 Å². The first-order valence-corrected chi connectivity index (χ1v) is 12.1.